The van der Waals surface area contributed by atoms with Crippen molar-refractivity contribution in [1.82, 2.24) is 14.9 Å². The lowest BCUT2D eigenvalue weighted by molar-refractivity contribution is 0.0724. The molecule has 0 atom stereocenters. The summed E-state index contributed by atoms with van der Waals surface area (Å²) in [5.41, 5.74) is 2.66. The molecule has 4 heteroatoms. The SMILES string of the molecule is CCc1nc2ccc(C(=O)N3CCCCC3)cc2[nH]1. The molecule has 0 unspecified atom stereocenters. The third-order valence-electron chi connectivity index (χ3n) is 3.76. The van der Waals surface area contributed by atoms with Gasteiger partial charge in [0.05, 0.1) is 11.0 Å². The number of likely N-dealkylation sites (tertiary alicyclic amines) is 1. The number of piperidine rings is 1. The van der Waals surface area contributed by atoms with E-state index >= 15 is 0 Å². The Morgan fingerprint density at radius 3 is 2.84 bits per heavy atom. The zero-order valence-electron chi connectivity index (χ0n) is 11.3. The molecular formula is C15H19N3O. The van der Waals surface area contributed by atoms with E-state index < -0.39 is 0 Å². The van der Waals surface area contributed by atoms with Crippen molar-refractivity contribution >= 4 is 16.9 Å². The molecule has 19 heavy (non-hydrogen) atoms. The second kappa shape index (κ2) is 5.03. The van der Waals surface area contributed by atoms with Crippen molar-refractivity contribution in [3.63, 3.8) is 0 Å². The number of hydrogen-bond donors (Lipinski definition) is 1. The Morgan fingerprint density at radius 1 is 1.32 bits per heavy atom. The van der Waals surface area contributed by atoms with Gasteiger partial charge in [-0.1, -0.05) is 6.92 Å². The van der Waals surface area contributed by atoms with Crippen LogP contribution in [0.25, 0.3) is 11.0 Å². The lowest BCUT2D eigenvalue weighted by Crippen LogP contribution is -2.35. The molecule has 2 heterocycles. The van der Waals surface area contributed by atoms with E-state index in [1.807, 2.05) is 23.1 Å². The number of H-pyrrole nitrogens is 1. The highest BCUT2D eigenvalue weighted by atomic mass is 16.2. The van der Waals surface area contributed by atoms with Crippen molar-refractivity contribution in [2.75, 3.05) is 13.1 Å². The van der Waals surface area contributed by atoms with Crippen molar-refractivity contribution in [2.24, 2.45) is 0 Å². The Kier molecular flexibility index (Phi) is 3.23. The van der Waals surface area contributed by atoms with Gasteiger partial charge in [-0.2, -0.15) is 0 Å². The molecule has 2 aromatic rings. The fraction of sp³-hybridized carbons (Fsp3) is 0.467. The average Bonchev–Trinajstić information content (AvgIpc) is 2.89. The molecule has 1 fully saturated rings. The Bertz CT molecular complexity index is 596. The summed E-state index contributed by atoms with van der Waals surface area (Å²) in [6.45, 7) is 3.84. The van der Waals surface area contributed by atoms with Crippen LogP contribution in [-0.2, 0) is 6.42 Å². The topological polar surface area (TPSA) is 49.0 Å². The number of carbonyl (C=O) groups is 1. The van der Waals surface area contributed by atoms with Crippen LogP contribution in [0.15, 0.2) is 18.2 Å². The Labute approximate surface area is 112 Å². The lowest BCUT2D eigenvalue weighted by atomic mass is 10.1. The minimum absolute atomic E-state index is 0.147. The molecule has 1 saturated heterocycles. The van der Waals surface area contributed by atoms with Crippen LogP contribution >= 0.6 is 0 Å². The number of hydrogen-bond acceptors (Lipinski definition) is 2. The van der Waals surface area contributed by atoms with E-state index in [0.29, 0.717) is 0 Å². The molecule has 1 aliphatic heterocycles. The first kappa shape index (κ1) is 12.2. The van der Waals surface area contributed by atoms with E-state index in [9.17, 15) is 4.79 Å². The van der Waals surface area contributed by atoms with Gasteiger partial charge >= 0.3 is 0 Å². The third-order valence-corrected chi connectivity index (χ3v) is 3.76. The predicted octanol–water partition coefficient (Wildman–Crippen LogP) is 2.75. The highest BCUT2D eigenvalue weighted by Crippen LogP contribution is 2.17. The maximum absolute atomic E-state index is 12.4. The first-order valence-electron chi connectivity index (χ1n) is 7.06. The van der Waals surface area contributed by atoms with Gasteiger partial charge in [-0.15, -0.1) is 0 Å². The van der Waals surface area contributed by atoms with Gasteiger partial charge < -0.3 is 9.88 Å². The third kappa shape index (κ3) is 2.35. The van der Waals surface area contributed by atoms with Gasteiger partial charge in [-0.25, -0.2) is 4.98 Å². The Balaban J connectivity index is 1.89. The van der Waals surface area contributed by atoms with Crippen LogP contribution in [-0.4, -0.2) is 33.9 Å². The van der Waals surface area contributed by atoms with Gasteiger partial charge in [0.1, 0.15) is 5.82 Å². The number of aryl methyl sites for hydroxylation is 1. The summed E-state index contributed by atoms with van der Waals surface area (Å²) in [5.74, 6) is 1.12. The van der Waals surface area contributed by atoms with Crippen LogP contribution in [0.4, 0.5) is 0 Å². The van der Waals surface area contributed by atoms with Crippen LogP contribution in [0.2, 0.25) is 0 Å². The molecule has 0 aliphatic carbocycles. The number of rotatable bonds is 2. The van der Waals surface area contributed by atoms with E-state index in [0.717, 1.165) is 54.8 Å². The number of nitrogens with one attached hydrogen (secondary N) is 1. The molecule has 1 aromatic heterocycles. The standard InChI is InChI=1S/C15H19N3O/c1-2-14-16-12-7-6-11(10-13(12)17-14)15(19)18-8-4-3-5-9-18/h6-7,10H,2-5,8-9H2,1H3,(H,16,17). The van der Waals surface area contributed by atoms with Gasteiger partial charge in [-0.3, -0.25) is 4.79 Å². The second-order valence-corrected chi connectivity index (χ2v) is 5.12. The van der Waals surface area contributed by atoms with Gasteiger partial charge in [0.25, 0.3) is 5.91 Å². The molecule has 3 rings (SSSR count). The quantitative estimate of drug-likeness (QED) is 0.899. The van der Waals surface area contributed by atoms with E-state index in [-0.39, 0.29) is 5.91 Å². The molecule has 0 bridgehead atoms. The molecule has 1 aliphatic rings. The number of nitrogens with zero attached hydrogens (tertiary/aromatic N) is 2. The number of carbonyl (C=O) groups excluding carboxylic acids is 1. The van der Waals surface area contributed by atoms with Crippen molar-refractivity contribution in [1.29, 1.82) is 0 Å². The molecule has 1 amide bonds. The largest absolute Gasteiger partial charge is 0.342 e. The van der Waals surface area contributed by atoms with Crippen molar-refractivity contribution in [2.45, 2.75) is 32.6 Å². The van der Waals surface area contributed by atoms with E-state index in [1.165, 1.54) is 6.42 Å². The normalized spacial score (nSPS) is 15.9. The Morgan fingerprint density at radius 2 is 2.11 bits per heavy atom. The summed E-state index contributed by atoms with van der Waals surface area (Å²) in [4.78, 5) is 22.1. The van der Waals surface area contributed by atoms with Gasteiger partial charge in [0.15, 0.2) is 0 Å². The van der Waals surface area contributed by atoms with E-state index in [2.05, 4.69) is 16.9 Å². The smallest absolute Gasteiger partial charge is 0.253 e. The van der Waals surface area contributed by atoms with Gasteiger partial charge in [0.2, 0.25) is 0 Å². The van der Waals surface area contributed by atoms with Crippen LogP contribution in [0.3, 0.4) is 0 Å². The lowest BCUT2D eigenvalue weighted by Gasteiger charge is -2.26. The number of amides is 1. The van der Waals surface area contributed by atoms with Crippen molar-refractivity contribution in [3.05, 3.63) is 29.6 Å². The highest BCUT2D eigenvalue weighted by Gasteiger charge is 2.18. The maximum atomic E-state index is 12.4. The molecule has 0 radical (unpaired) electrons. The van der Waals surface area contributed by atoms with Crippen LogP contribution in [0.5, 0.6) is 0 Å². The first-order chi connectivity index (χ1) is 9.28. The van der Waals surface area contributed by atoms with Gasteiger partial charge in [0, 0.05) is 25.1 Å². The Hall–Kier alpha value is -1.84. The zero-order valence-corrected chi connectivity index (χ0v) is 11.3. The highest BCUT2D eigenvalue weighted by molar-refractivity contribution is 5.97. The van der Waals surface area contributed by atoms with E-state index in [4.69, 9.17) is 0 Å². The van der Waals surface area contributed by atoms with Gasteiger partial charge in [-0.05, 0) is 37.5 Å². The molecule has 4 nitrogen and oxygen atoms in total. The zero-order chi connectivity index (χ0) is 13.2. The van der Waals surface area contributed by atoms with E-state index in [1.54, 1.807) is 0 Å². The first-order valence-corrected chi connectivity index (χ1v) is 7.06. The molecule has 100 valence electrons. The number of imidazole rings is 1. The second-order valence-electron chi connectivity index (χ2n) is 5.12. The fourth-order valence-corrected chi connectivity index (χ4v) is 2.64. The summed E-state index contributed by atoms with van der Waals surface area (Å²) < 4.78 is 0. The summed E-state index contributed by atoms with van der Waals surface area (Å²) in [6, 6.07) is 5.75. The fourth-order valence-electron chi connectivity index (χ4n) is 2.64. The summed E-state index contributed by atoms with van der Waals surface area (Å²) in [5, 5.41) is 0. The molecule has 0 saturated carbocycles. The summed E-state index contributed by atoms with van der Waals surface area (Å²) in [6.07, 6.45) is 4.36. The van der Waals surface area contributed by atoms with Crippen LogP contribution < -0.4 is 0 Å². The molecule has 0 spiro atoms. The number of aromatic nitrogens is 2. The number of benzene rings is 1. The minimum atomic E-state index is 0.147. The van der Waals surface area contributed by atoms with Crippen molar-refractivity contribution < 1.29 is 4.79 Å². The number of fused-ring (bicyclic) bond motifs is 1. The number of aromatic amines is 1. The monoisotopic (exact) mass is 257 g/mol. The predicted molar refractivity (Wildman–Crippen MR) is 75.2 cm³/mol. The minimum Gasteiger partial charge on any atom is -0.342 e. The van der Waals surface area contributed by atoms with Crippen LogP contribution in [0.1, 0.15) is 42.4 Å². The van der Waals surface area contributed by atoms with Crippen molar-refractivity contribution in [3.8, 4) is 0 Å². The summed E-state index contributed by atoms with van der Waals surface area (Å²) in [7, 11) is 0. The average molecular weight is 257 g/mol. The maximum Gasteiger partial charge on any atom is 0.253 e. The summed E-state index contributed by atoms with van der Waals surface area (Å²) >= 11 is 0. The molecule has 1 N–H and O–H groups in total. The molecule has 1 aromatic carbocycles. The molecular weight excluding hydrogens is 238 g/mol. The van der Waals surface area contributed by atoms with Crippen LogP contribution in [0, 0.1) is 0 Å².